The Morgan fingerprint density at radius 1 is 1.26 bits per heavy atom. The zero-order valence-electron chi connectivity index (χ0n) is 22.3. The molecule has 1 aliphatic rings. The number of nitrogens with one attached hydrogen (secondary N) is 1. The molecule has 0 saturated carbocycles. The summed E-state index contributed by atoms with van der Waals surface area (Å²) in [6.07, 6.45) is 2.91. The quantitative estimate of drug-likeness (QED) is 0.366. The first-order valence-electron chi connectivity index (χ1n) is 12.1. The first-order valence-corrected chi connectivity index (χ1v) is 13.4. The maximum atomic E-state index is 14.8. The van der Waals surface area contributed by atoms with Crippen LogP contribution in [0.2, 0.25) is 0 Å². The summed E-state index contributed by atoms with van der Waals surface area (Å²) >= 11 is 1.29. The van der Waals surface area contributed by atoms with Gasteiger partial charge in [0.2, 0.25) is 0 Å². The zero-order chi connectivity index (χ0) is 27.6. The number of fused-ring (bicyclic) bond motifs is 1. The number of hydrogen-bond donors (Lipinski definition) is 1. The van der Waals surface area contributed by atoms with Crippen LogP contribution in [0.4, 0.5) is 15.0 Å². The number of anilines is 1. The van der Waals surface area contributed by atoms with E-state index in [0.717, 1.165) is 4.68 Å². The van der Waals surface area contributed by atoms with Crippen LogP contribution in [-0.4, -0.2) is 89.0 Å². The van der Waals surface area contributed by atoms with Gasteiger partial charge < -0.3 is 24.6 Å². The summed E-state index contributed by atoms with van der Waals surface area (Å²) in [6, 6.07) is 4.08. The largest absolute Gasteiger partial charge is 0.494 e. The van der Waals surface area contributed by atoms with Gasteiger partial charge in [0.05, 0.1) is 24.7 Å². The molecule has 0 aliphatic carbocycles. The van der Waals surface area contributed by atoms with Crippen LogP contribution >= 0.6 is 11.8 Å². The Morgan fingerprint density at radius 3 is 2.68 bits per heavy atom. The van der Waals surface area contributed by atoms with Gasteiger partial charge in [-0.2, -0.15) is 9.78 Å². The zero-order valence-corrected chi connectivity index (χ0v) is 23.1. The SMILES string of the molecule is CNC[C@H]1CN(c2nc(SC)nc3c(=O)n(-c4c(F)cccc4OC)ncc23)CCN1C(=O)OC(C)(C)C. The van der Waals surface area contributed by atoms with E-state index >= 15 is 0 Å². The molecule has 1 aliphatic heterocycles. The molecule has 38 heavy (non-hydrogen) atoms. The summed E-state index contributed by atoms with van der Waals surface area (Å²) < 4.78 is 26.6. The molecule has 0 radical (unpaired) electrons. The van der Waals surface area contributed by atoms with E-state index in [-0.39, 0.29) is 29.1 Å². The molecule has 13 heteroatoms. The number of hydrogen-bond acceptors (Lipinski definition) is 10. The van der Waals surface area contributed by atoms with Crippen LogP contribution in [0, 0.1) is 5.82 Å². The number of likely N-dealkylation sites (N-methyl/N-ethyl adjacent to an activating group) is 1. The average molecular weight is 546 g/mol. The Kier molecular flexibility index (Phi) is 8.07. The minimum absolute atomic E-state index is 0.0900. The fraction of sp³-hybridized carbons (Fsp3) is 0.480. The molecule has 3 heterocycles. The van der Waals surface area contributed by atoms with Crippen molar-refractivity contribution in [3.63, 3.8) is 0 Å². The Morgan fingerprint density at radius 2 is 2.03 bits per heavy atom. The molecule has 1 atom stereocenters. The number of nitrogens with zero attached hydrogens (tertiary/aromatic N) is 6. The number of rotatable bonds is 6. The number of carbonyl (C=O) groups excluding carboxylic acids is 1. The number of methoxy groups -OCH3 is 1. The van der Waals surface area contributed by atoms with E-state index in [9.17, 15) is 14.0 Å². The molecule has 1 saturated heterocycles. The van der Waals surface area contributed by atoms with Crippen LogP contribution in [0.5, 0.6) is 5.75 Å². The number of halogens is 1. The van der Waals surface area contributed by atoms with Gasteiger partial charge in [-0.3, -0.25) is 4.79 Å². The predicted octanol–water partition coefficient (Wildman–Crippen LogP) is 2.69. The molecule has 0 unspecified atom stereocenters. The van der Waals surface area contributed by atoms with E-state index < -0.39 is 17.0 Å². The monoisotopic (exact) mass is 545 g/mol. The molecule has 1 N–H and O–H groups in total. The summed E-state index contributed by atoms with van der Waals surface area (Å²) in [5, 5.41) is 8.24. The highest BCUT2D eigenvalue weighted by Crippen LogP contribution is 2.29. The van der Waals surface area contributed by atoms with Crippen molar-refractivity contribution in [3.8, 4) is 11.4 Å². The summed E-state index contributed by atoms with van der Waals surface area (Å²) in [6.45, 7) is 7.35. The Labute approximate surface area is 224 Å². The average Bonchev–Trinajstić information content (AvgIpc) is 2.87. The van der Waals surface area contributed by atoms with Crippen molar-refractivity contribution in [1.29, 1.82) is 0 Å². The fourth-order valence-corrected chi connectivity index (χ4v) is 4.72. The van der Waals surface area contributed by atoms with Crippen molar-refractivity contribution in [3.05, 3.63) is 40.6 Å². The highest BCUT2D eigenvalue weighted by molar-refractivity contribution is 7.98. The lowest BCUT2D eigenvalue weighted by molar-refractivity contribution is 0.0142. The van der Waals surface area contributed by atoms with E-state index in [2.05, 4.69) is 15.4 Å². The third kappa shape index (κ3) is 5.53. The maximum absolute atomic E-state index is 14.8. The second-order valence-electron chi connectivity index (χ2n) is 9.78. The summed E-state index contributed by atoms with van der Waals surface area (Å²) in [5.41, 5.74) is -1.18. The lowest BCUT2D eigenvalue weighted by atomic mass is 10.1. The van der Waals surface area contributed by atoms with Gasteiger partial charge in [-0.25, -0.2) is 19.2 Å². The molecule has 1 fully saturated rings. The van der Waals surface area contributed by atoms with Crippen LogP contribution in [0.3, 0.4) is 0 Å². The molecule has 1 amide bonds. The molecule has 204 valence electrons. The van der Waals surface area contributed by atoms with E-state index in [1.165, 1.54) is 37.2 Å². The second kappa shape index (κ2) is 11.1. The highest BCUT2D eigenvalue weighted by atomic mass is 32.2. The number of carbonyl (C=O) groups is 1. The van der Waals surface area contributed by atoms with E-state index in [4.69, 9.17) is 14.5 Å². The number of aromatic nitrogens is 4. The van der Waals surface area contributed by atoms with Crippen molar-refractivity contribution in [1.82, 2.24) is 30.0 Å². The number of thioether (sulfide) groups is 1. The topological polar surface area (TPSA) is 115 Å². The van der Waals surface area contributed by atoms with Crippen molar-refractivity contribution in [2.24, 2.45) is 0 Å². The third-order valence-electron chi connectivity index (χ3n) is 6.02. The van der Waals surface area contributed by atoms with Crippen LogP contribution in [0.15, 0.2) is 34.3 Å². The highest BCUT2D eigenvalue weighted by Gasteiger charge is 2.34. The fourth-order valence-electron chi connectivity index (χ4n) is 4.36. The normalized spacial score (nSPS) is 16.1. The number of amides is 1. The van der Waals surface area contributed by atoms with Crippen LogP contribution in [-0.2, 0) is 4.74 Å². The van der Waals surface area contributed by atoms with Crippen molar-refractivity contribution < 1.29 is 18.7 Å². The van der Waals surface area contributed by atoms with Crippen LogP contribution in [0.1, 0.15) is 20.8 Å². The van der Waals surface area contributed by atoms with Gasteiger partial charge in [0.25, 0.3) is 5.56 Å². The number of para-hydroxylation sites is 1. The van der Waals surface area contributed by atoms with Crippen LogP contribution in [0.25, 0.3) is 16.6 Å². The Bertz CT molecular complexity index is 1390. The van der Waals surface area contributed by atoms with Gasteiger partial charge >= 0.3 is 6.09 Å². The van der Waals surface area contributed by atoms with Gasteiger partial charge in [-0.15, -0.1) is 0 Å². The number of benzene rings is 1. The Hall–Kier alpha value is -3.45. The van der Waals surface area contributed by atoms with Crippen molar-refractivity contribution in [2.75, 3.05) is 51.5 Å². The molecule has 11 nitrogen and oxygen atoms in total. The molecular formula is C25H32FN7O4S. The van der Waals surface area contributed by atoms with Gasteiger partial charge in [0.15, 0.2) is 11.0 Å². The molecule has 0 spiro atoms. The third-order valence-corrected chi connectivity index (χ3v) is 6.56. The summed E-state index contributed by atoms with van der Waals surface area (Å²) in [5.74, 6) is 0.0545. The molecule has 2 aromatic heterocycles. The molecule has 3 aromatic rings. The van der Waals surface area contributed by atoms with Gasteiger partial charge in [0.1, 0.15) is 28.4 Å². The van der Waals surface area contributed by atoms with Crippen LogP contribution < -0.4 is 20.5 Å². The smallest absolute Gasteiger partial charge is 0.410 e. The second-order valence-corrected chi connectivity index (χ2v) is 10.6. The van der Waals surface area contributed by atoms with Crippen molar-refractivity contribution >= 4 is 34.6 Å². The molecule has 1 aromatic carbocycles. The maximum Gasteiger partial charge on any atom is 0.410 e. The van der Waals surface area contributed by atoms with Crippen molar-refractivity contribution in [2.45, 2.75) is 37.6 Å². The lowest BCUT2D eigenvalue weighted by Crippen LogP contribution is -2.59. The Balaban J connectivity index is 1.77. The minimum atomic E-state index is -0.647. The first kappa shape index (κ1) is 27.6. The minimum Gasteiger partial charge on any atom is -0.494 e. The number of piperazine rings is 1. The van der Waals surface area contributed by atoms with E-state index in [1.54, 1.807) is 11.0 Å². The first-order chi connectivity index (χ1) is 18.1. The van der Waals surface area contributed by atoms with E-state index in [0.29, 0.717) is 42.5 Å². The molecule has 4 rings (SSSR count). The number of ether oxygens (including phenoxy) is 2. The van der Waals surface area contributed by atoms with Gasteiger partial charge in [-0.05, 0) is 46.2 Å². The summed E-state index contributed by atoms with van der Waals surface area (Å²) in [7, 11) is 3.22. The predicted molar refractivity (Wildman–Crippen MR) is 144 cm³/mol. The standard InChI is InChI=1S/C25H32FN7O4S/c1-25(2,3)37-24(35)32-11-10-31(14-15(32)12-27-4)21-16-13-28-33(20-17(26)8-7-9-18(20)36-5)22(34)19(16)29-23(30-21)38-6/h7-9,13,15,27H,10-12,14H2,1-6H3/t15-/m0/s1. The lowest BCUT2D eigenvalue weighted by Gasteiger charge is -2.42. The van der Waals surface area contributed by atoms with Gasteiger partial charge in [-0.1, -0.05) is 17.8 Å². The van der Waals surface area contributed by atoms with E-state index in [1.807, 2.05) is 39.0 Å². The molecular weight excluding hydrogens is 513 g/mol. The molecule has 0 bridgehead atoms. The summed E-state index contributed by atoms with van der Waals surface area (Å²) in [4.78, 5) is 39.3. The van der Waals surface area contributed by atoms with Gasteiger partial charge in [0, 0.05) is 26.2 Å².